The average molecular weight is 316 g/mol. The lowest BCUT2D eigenvalue weighted by molar-refractivity contribution is 0.0932. The maximum Gasteiger partial charge on any atom is 0.255 e. The third-order valence-electron chi connectivity index (χ3n) is 2.74. The molecule has 1 amide bonds. The van der Waals surface area contributed by atoms with Gasteiger partial charge in [0.1, 0.15) is 5.82 Å². The first-order chi connectivity index (χ1) is 8.41. The standard InChI is InChI=1S/C14H19BrFNO/c1-9(2)7-8-10(3)17-14(18)13-11(15)5-4-6-12(13)16/h4-6,9-10H,7-8H2,1-3H3,(H,17,18). The Morgan fingerprint density at radius 1 is 1.33 bits per heavy atom. The van der Waals surface area contributed by atoms with Gasteiger partial charge in [-0.25, -0.2) is 4.39 Å². The van der Waals surface area contributed by atoms with Crippen LogP contribution >= 0.6 is 15.9 Å². The van der Waals surface area contributed by atoms with Crippen LogP contribution in [0.5, 0.6) is 0 Å². The molecule has 1 rings (SSSR count). The number of halogens is 2. The van der Waals surface area contributed by atoms with Crippen LogP contribution in [0.15, 0.2) is 22.7 Å². The largest absolute Gasteiger partial charge is 0.349 e. The van der Waals surface area contributed by atoms with Crippen LogP contribution in [0.2, 0.25) is 0 Å². The Kier molecular flexibility index (Phi) is 5.79. The molecule has 0 heterocycles. The van der Waals surface area contributed by atoms with Crippen LogP contribution < -0.4 is 5.32 Å². The molecule has 18 heavy (non-hydrogen) atoms. The second-order valence-corrected chi connectivity index (χ2v) is 5.80. The smallest absolute Gasteiger partial charge is 0.255 e. The highest BCUT2D eigenvalue weighted by Crippen LogP contribution is 2.19. The third kappa shape index (κ3) is 4.41. The van der Waals surface area contributed by atoms with Gasteiger partial charge in [0.05, 0.1) is 5.56 Å². The lowest BCUT2D eigenvalue weighted by Crippen LogP contribution is -2.33. The highest BCUT2D eigenvalue weighted by molar-refractivity contribution is 9.10. The zero-order valence-electron chi connectivity index (χ0n) is 11.0. The Morgan fingerprint density at radius 2 is 2.00 bits per heavy atom. The van der Waals surface area contributed by atoms with Gasteiger partial charge in [-0.05, 0) is 53.7 Å². The highest BCUT2D eigenvalue weighted by Gasteiger charge is 2.17. The van der Waals surface area contributed by atoms with Crippen LogP contribution in [0.3, 0.4) is 0 Å². The molecule has 1 N–H and O–H groups in total. The van der Waals surface area contributed by atoms with E-state index in [1.54, 1.807) is 12.1 Å². The predicted molar refractivity (Wildman–Crippen MR) is 75.1 cm³/mol. The van der Waals surface area contributed by atoms with E-state index < -0.39 is 5.82 Å². The minimum absolute atomic E-state index is 0.0476. The molecule has 0 spiro atoms. The molecule has 0 saturated heterocycles. The lowest BCUT2D eigenvalue weighted by atomic mass is 10.0. The van der Waals surface area contributed by atoms with Gasteiger partial charge >= 0.3 is 0 Å². The summed E-state index contributed by atoms with van der Waals surface area (Å²) in [6.45, 7) is 6.22. The Labute approximate surface area is 116 Å². The first kappa shape index (κ1) is 15.2. The molecular weight excluding hydrogens is 297 g/mol. The van der Waals surface area contributed by atoms with Gasteiger partial charge in [0, 0.05) is 10.5 Å². The van der Waals surface area contributed by atoms with Crippen LogP contribution in [0.1, 0.15) is 44.0 Å². The van der Waals surface area contributed by atoms with Gasteiger partial charge in [0.15, 0.2) is 0 Å². The summed E-state index contributed by atoms with van der Waals surface area (Å²) in [5.41, 5.74) is 0.0777. The molecule has 0 fully saturated rings. The molecule has 1 aromatic carbocycles. The molecule has 4 heteroatoms. The number of benzene rings is 1. The maximum atomic E-state index is 13.6. The van der Waals surface area contributed by atoms with E-state index in [2.05, 4.69) is 35.1 Å². The van der Waals surface area contributed by atoms with Gasteiger partial charge in [0.25, 0.3) is 5.91 Å². The van der Waals surface area contributed by atoms with Crippen molar-refractivity contribution in [3.05, 3.63) is 34.1 Å². The number of hydrogen-bond donors (Lipinski definition) is 1. The van der Waals surface area contributed by atoms with Gasteiger partial charge < -0.3 is 5.32 Å². The second-order valence-electron chi connectivity index (χ2n) is 4.94. The number of carbonyl (C=O) groups is 1. The summed E-state index contributed by atoms with van der Waals surface area (Å²) in [6, 6.07) is 4.57. The predicted octanol–water partition coefficient (Wildman–Crippen LogP) is 4.14. The van der Waals surface area contributed by atoms with E-state index in [4.69, 9.17) is 0 Å². The minimum Gasteiger partial charge on any atom is -0.349 e. The Balaban J connectivity index is 2.65. The molecule has 1 aromatic rings. The van der Waals surface area contributed by atoms with E-state index in [1.807, 2.05) is 6.92 Å². The molecular formula is C14H19BrFNO. The number of amides is 1. The van der Waals surface area contributed by atoms with Crippen molar-refractivity contribution in [3.8, 4) is 0 Å². The van der Waals surface area contributed by atoms with Crippen LogP contribution in [0.25, 0.3) is 0 Å². The summed E-state index contributed by atoms with van der Waals surface area (Å²) in [5, 5.41) is 2.82. The summed E-state index contributed by atoms with van der Waals surface area (Å²) in [5.74, 6) is -0.265. The van der Waals surface area contributed by atoms with Crippen LogP contribution in [-0.4, -0.2) is 11.9 Å². The third-order valence-corrected chi connectivity index (χ3v) is 3.41. The second kappa shape index (κ2) is 6.88. The SMILES string of the molecule is CC(C)CCC(C)NC(=O)c1c(F)cccc1Br. The van der Waals surface area contributed by atoms with Crippen molar-refractivity contribution in [2.45, 2.75) is 39.7 Å². The molecule has 0 aliphatic rings. The van der Waals surface area contributed by atoms with Gasteiger partial charge in [-0.3, -0.25) is 4.79 Å². The number of hydrogen-bond acceptors (Lipinski definition) is 1. The van der Waals surface area contributed by atoms with Crippen molar-refractivity contribution in [2.24, 2.45) is 5.92 Å². The molecule has 0 aliphatic carbocycles. The number of carbonyl (C=O) groups excluding carboxylic acids is 1. The fraction of sp³-hybridized carbons (Fsp3) is 0.500. The molecule has 0 aromatic heterocycles. The van der Waals surface area contributed by atoms with Crippen molar-refractivity contribution >= 4 is 21.8 Å². The van der Waals surface area contributed by atoms with E-state index in [9.17, 15) is 9.18 Å². The quantitative estimate of drug-likeness (QED) is 0.869. The van der Waals surface area contributed by atoms with Crippen molar-refractivity contribution in [1.82, 2.24) is 5.32 Å². The van der Waals surface area contributed by atoms with Gasteiger partial charge in [-0.15, -0.1) is 0 Å². The first-order valence-electron chi connectivity index (χ1n) is 6.16. The Bertz CT molecular complexity index is 400. The minimum atomic E-state index is -0.502. The molecule has 0 saturated carbocycles. The van der Waals surface area contributed by atoms with Crippen molar-refractivity contribution < 1.29 is 9.18 Å². The molecule has 2 nitrogen and oxygen atoms in total. The fourth-order valence-electron chi connectivity index (χ4n) is 1.67. The van der Waals surface area contributed by atoms with E-state index in [-0.39, 0.29) is 17.5 Å². The summed E-state index contributed by atoms with van der Waals surface area (Å²) in [7, 11) is 0. The lowest BCUT2D eigenvalue weighted by Gasteiger charge is -2.16. The van der Waals surface area contributed by atoms with Crippen LogP contribution in [-0.2, 0) is 0 Å². The highest BCUT2D eigenvalue weighted by atomic mass is 79.9. The fourth-order valence-corrected chi connectivity index (χ4v) is 2.19. The topological polar surface area (TPSA) is 29.1 Å². The van der Waals surface area contributed by atoms with Crippen molar-refractivity contribution in [3.63, 3.8) is 0 Å². The van der Waals surface area contributed by atoms with Crippen molar-refractivity contribution in [2.75, 3.05) is 0 Å². The molecule has 0 radical (unpaired) electrons. The summed E-state index contributed by atoms with van der Waals surface area (Å²) in [4.78, 5) is 12.0. The van der Waals surface area contributed by atoms with E-state index in [0.717, 1.165) is 12.8 Å². The Hall–Kier alpha value is -0.900. The molecule has 0 bridgehead atoms. The summed E-state index contributed by atoms with van der Waals surface area (Å²) in [6.07, 6.45) is 1.94. The first-order valence-corrected chi connectivity index (χ1v) is 6.96. The van der Waals surface area contributed by atoms with E-state index in [1.165, 1.54) is 6.07 Å². The molecule has 1 unspecified atom stereocenters. The van der Waals surface area contributed by atoms with Gasteiger partial charge in [-0.2, -0.15) is 0 Å². The molecule has 1 atom stereocenters. The Morgan fingerprint density at radius 3 is 2.56 bits per heavy atom. The zero-order chi connectivity index (χ0) is 13.7. The van der Waals surface area contributed by atoms with Crippen LogP contribution in [0, 0.1) is 11.7 Å². The summed E-state index contributed by atoms with van der Waals surface area (Å²) < 4.78 is 14.1. The van der Waals surface area contributed by atoms with Gasteiger partial charge in [-0.1, -0.05) is 19.9 Å². The number of nitrogens with one attached hydrogen (secondary N) is 1. The van der Waals surface area contributed by atoms with E-state index in [0.29, 0.717) is 10.4 Å². The monoisotopic (exact) mass is 315 g/mol. The zero-order valence-corrected chi connectivity index (χ0v) is 12.6. The van der Waals surface area contributed by atoms with Gasteiger partial charge in [0.2, 0.25) is 0 Å². The number of rotatable bonds is 5. The molecule has 0 aliphatic heterocycles. The average Bonchev–Trinajstić information content (AvgIpc) is 2.26. The normalized spacial score (nSPS) is 12.6. The van der Waals surface area contributed by atoms with E-state index >= 15 is 0 Å². The maximum absolute atomic E-state index is 13.6. The van der Waals surface area contributed by atoms with Crippen LogP contribution in [0.4, 0.5) is 4.39 Å². The van der Waals surface area contributed by atoms with Crippen molar-refractivity contribution in [1.29, 1.82) is 0 Å². The molecule has 100 valence electrons. The summed E-state index contributed by atoms with van der Waals surface area (Å²) >= 11 is 3.20.